The summed E-state index contributed by atoms with van der Waals surface area (Å²) in [7, 11) is 0. The van der Waals surface area contributed by atoms with E-state index < -0.39 is 0 Å². The Balaban J connectivity index is 0.00000168. The quantitative estimate of drug-likeness (QED) is 0.680. The van der Waals surface area contributed by atoms with Crippen LogP contribution < -0.4 is 5.32 Å². The van der Waals surface area contributed by atoms with E-state index in [2.05, 4.69) is 5.32 Å². The number of halogens is 1. The van der Waals surface area contributed by atoms with Crippen LogP contribution in [-0.2, 0) is 19.1 Å². The van der Waals surface area contributed by atoms with E-state index >= 15 is 0 Å². The van der Waals surface area contributed by atoms with Gasteiger partial charge in [-0.2, -0.15) is 0 Å². The maximum absolute atomic E-state index is 12.7. The second kappa shape index (κ2) is 6.77. The Morgan fingerprint density at radius 2 is 1.50 bits per heavy atom. The highest BCUT2D eigenvalue weighted by Crippen LogP contribution is 2.48. The minimum absolute atomic E-state index is 0. The Labute approximate surface area is 159 Å². The number of nitrogens with zero attached hydrogens (tertiary/aromatic N) is 2. The summed E-state index contributed by atoms with van der Waals surface area (Å²) >= 11 is 0. The number of ether oxygens (including phenoxy) is 1. The van der Waals surface area contributed by atoms with Crippen molar-refractivity contribution >= 4 is 30.1 Å². The first-order valence-corrected chi connectivity index (χ1v) is 9.62. The van der Waals surface area contributed by atoms with Gasteiger partial charge in [-0.05, 0) is 50.6 Å². The fourth-order valence-electron chi connectivity index (χ4n) is 5.63. The minimum atomic E-state index is -0.339. The summed E-state index contributed by atoms with van der Waals surface area (Å²) in [6, 6.07) is 0. The first-order chi connectivity index (χ1) is 12.1. The molecule has 0 aromatic carbocycles. The van der Waals surface area contributed by atoms with Gasteiger partial charge in [0.2, 0.25) is 17.7 Å². The molecule has 5 fully saturated rings. The van der Waals surface area contributed by atoms with Crippen molar-refractivity contribution in [2.75, 3.05) is 32.7 Å². The number of fused-ring (bicyclic) bond motifs is 6. The summed E-state index contributed by atoms with van der Waals surface area (Å²) in [5.74, 6) is 0.169. The van der Waals surface area contributed by atoms with Crippen molar-refractivity contribution < 1.29 is 19.1 Å². The molecule has 5 rings (SSSR count). The molecule has 5 aliphatic rings. The van der Waals surface area contributed by atoms with Crippen LogP contribution in [0.2, 0.25) is 0 Å². The molecule has 5 heterocycles. The van der Waals surface area contributed by atoms with Gasteiger partial charge in [0.05, 0.1) is 24.0 Å². The van der Waals surface area contributed by atoms with Gasteiger partial charge < -0.3 is 15.0 Å². The Hall–Kier alpha value is -1.18. The van der Waals surface area contributed by atoms with Crippen molar-refractivity contribution in [3.05, 3.63) is 0 Å². The average molecular weight is 384 g/mol. The van der Waals surface area contributed by atoms with Crippen LogP contribution in [0.5, 0.6) is 0 Å². The predicted octanol–water partition coefficient (Wildman–Crippen LogP) is 0.0286. The monoisotopic (exact) mass is 383 g/mol. The molecule has 2 bridgehead atoms. The number of imide groups is 1. The van der Waals surface area contributed by atoms with Crippen molar-refractivity contribution in [2.24, 2.45) is 23.7 Å². The molecule has 3 amide bonds. The smallest absolute Gasteiger partial charge is 0.242 e. The molecule has 5 aliphatic heterocycles. The normalized spacial score (nSPS) is 41.1. The number of likely N-dealkylation sites (tertiary alicyclic amines) is 2. The third-order valence-corrected chi connectivity index (χ3v) is 7.04. The van der Waals surface area contributed by atoms with Gasteiger partial charge in [-0.3, -0.25) is 19.3 Å². The van der Waals surface area contributed by atoms with Crippen molar-refractivity contribution in [3.8, 4) is 0 Å². The summed E-state index contributed by atoms with van der Waals surface area (Å²) < 4.78 is 5.74. The molecule has 4 unspecified atom stereocenters. The molecule has 0 spiro atoms. The zero-order valence-corrected chi connectivity index (χ0v) is 15.6. The van der Waals surface area contributed by atoms with Crippen molar-refractivity contribution in [2.45, 2.75) is 37.9 Å². The third-order valence-electron chi connectivity index (χ3n) is 7.04. The van der Waals surface area contributed by atoms with E-state index in [0.717, 1.165) is 51.9 Å². The zero-order chi connectivity index (χ0) is 17.1. The van der Waals surface area contributed by atoms with Crippen molar-refractivity contribution in [1.82, 2.24) is 15.1 Å². The molecular weight excluding hydrogens is 358 g/mol. The summed E-state index contributed by atoms with van der Waals surface area (Å²) in [5, 5.41) is 3.43. The number of rotatable bonds is 2. The highest BCUT2D eigenvalue weighted by molar-refractivity contribution is 6.08. The number of hydrogen-bond acceptors (Lipinski definition) is 5. The lowest BCUT2D eigenvalue weighted by molar-refractivity contribution is -0.148. The Morgan fingerprint density at radius 3 is 2.04 bits per heavy atom. The molecule has 0 aliphatic carbocycles. The highest BCUT2D eigenvalue weighted by Gasteiger charge is 2.62. The zero-order valence-electron chi connectivity index (χ0n) is 14.8. The lowest BCUT2D eigenvalue weighted by Gasteiger charge is -2.24. The van der Waals surface area contributed by atoms with E-state index in [1.54, 1.807) is 0 Å². The molecule has 1 N–H and O–H groups in total. The first kappa shape index (κ1) is 18.2. The topological polar surface area (TPSA) is 79.0 Å². The maximum atomic E-state index is 12.7. The number of hydrogen-bond donors (Lipinski definition) is 1. The number of amides is 3. The van der Waals surface area contributed by atoms with E-state index in [4.69, 9.17) is 4.74 Å². The van der Waals surface area contributed by atoms with Gasteiger partial charge in [-0.15, -0.1) is 12.4 Å². The average Bonchev–Trinajstić information content (AvgIpc) is 3.35. The van der Waals surface area contributed by atoms with Gasteiger partial charge in [0, 0.05) is 13.1 Å². The molecular formula is C18H26ClN3O4. The number of nitrogens with one attached hydrogen (secondary N) is 1. The molecule has 6 atom stereocenters. The van der Waals surface area contributed by atoms with Crippen LogP contribution in [0.15, 0.2) is 0 Å². The fourth-order valence-corrected chi connectivity index (χ4v) is 5.63. The van der Waals surface area contributed by atoms with Crippen LogP contribution in [0.3, 0.4) is 0 Å². The van der Waals surface area contributed by atoms with Gasteiger partial charge >= 0.3 is 0 Å². The van der Waals surface area contributed by atoms with Crippen molar-refractivity contribution in [3.63, 3.8) is 0 Å². The standard InChI is InChI=1S/C18H25N3O4.ClH/c22-14(20-5-3-10-7-19-8-11(10)4-6-20)9-21-17(23)15-12-1-2-13(25-12)16(15)18(21)24;/h10-13,15-16,19H,1-9H2;1H/t10-,11+,12?,13?,15?,16?;. The van der Waals surface area contributed by atoms with Gasteiger partial charge in [-0.25, -0.2) is 0 Å². The lowest BCUT2D eigenvalue weighted by atomic mass is 9.81. The Morgan fingerprint density at radius 1 is 0.962 bits per heavy atom. The van der Waals surface area contributed by atoms with Gasteiger partial charge in [0.1, 0.15) is 6.54 Å². The van der Waals surface area contributed by atoms with E-state index in [1.807, 2.05) is 4.90 Å². The second-order valence-electron chi connectivity index (χ2n) is 8.24. The first-order valence-electron chi connectivity index (χ1n) is 9.62. The van der Waals surface area contributed by atoms with Gasteiger partial charge in [-0.1, -0.05) is 0 Å². The van der Waals surface area contributed by atoms with Crippen LogP contribution in [0.1, 0.15) is 25.7 Å². The molecule has 0 aromatic rings. The van der Waals surface area contributed by atoms with E-state index in [-0.39, 0.29) is 60.7 Å². The Bertz CT molecular complexity index is 588. The van der Waals surface area contributed by atoms with Crippen LogP contribution in [0, 0.1) is 23.7 Å². The minimum Gasteiger partial charge on any atom is -0.373 e. The Kier molecular flexibility index (Phi) is 4.73. The van der Waals surface area contributed by atoms with Gasteiger partial charge in [0.15, 0.2) is 0 Å². The lowest BCUT2D eigenvalue weighted by Crippen LogP contribution is -2.44. The molecule has 144 valence electrons. The van der Waals surface area contributed by atoms with Gasteiger partial charge in [0.25, 0.3) is 0 Å². The molecule has 0 radical (unpaired) electrons. The number of carbonyl (C=O) groups excluding carboxylic acids is 3. The molecule has 7 nitrogen and oxygen atoms in total. The second-order valence-corrected chi connectivity index (χ2v) is 8.24. The highest BCUT2D eigenvalue weighted by atomic mass is 35.5. The maximum Gasteiger partial charge on any atom is 0.242 e. The largest absolute Gasteiger partial charge is 0.373 e. The van der Waals surface area contributed by atoms with Crippen LogP contribution in [0.4, 0.5) is 0 Å². The van der Waals surface area contributed by atoms with Crippen LogP contribution in [-0.4, -0.2) is 72.5 Å². The molecule has 5 saturated heterocycles. The third kappa shape index (κ3) is 2.67. The van der Waals surface area contributed by atoms with Crippen LogP contribution in [0.25, 0.3) is 0 Å². The molecule has 0 aromatic heterocycles. The predicted molar refractivity (Wildman–Crippen MR) is 94.5 cm³/mol. The van der Waals surface area contributed by atoms with E-state index in [9.17, 15) is 14.4 Å². The molecule has 0 saturated carbocycles. The SMILES string of the molecule is Cl.O=C(CN1C(=O)C2C3CCC(O3)C2C1=O)N1CC[C@@H]2CNC[C@@H]2CC1. The summed E-state index contributed by atoms with van der Waals surface area (Å²) in [6.07, 6.45) is 3.50. The van der Waals surface area contributed by atoms with E-state index in [0.29, 0.717) is 11.8 Å². The van der Waals surface area contributed by atoms with Crippen molar-refractivity contribution in [1.29, 1.82) is 0 Å². The van der Waals surface area contributed by atoms with E-state index in [1.165, 1.54) is 4.90 Å². The summed E-state index contributed by atoms with van der Waals surface area (Å²) in [6.45, 7) is 3.47. The molecule has 26 heavy (non-hydrogen) atoms. The molecule has 8 heteroatoms. The summed E-state index contributed by atoms with van der Waals surface area (Å²) in [4.78, 5) is 41.2. The number of carbonyl (C=O) groups is 3. The van der Waals surface area contributed by atoms with Crippen LogP contribution >= 0.6 is 12.4 Å². The fraction of sp³-hybridized carbons (Fsp3) is 0.833. The summed E-state index contributed by atoms with van der Waals surface area (Å²) in [5.41, 5.74) is 0.